The van der Waals surface area contributed by atoms with Crippen molar-refractivity contribution in [3.63, 3.8) is 0 Å². The summed E-state index contributed by atoms with van der Waals surface area (Å²) in [6.07, 6.45) is 0.389. The number of carbonyl (C=O) groups is 1. The second kappa shape index (κ2) is 4.98. The Hall–Kier alpha value is -1.62. The van der Waals surface area contributed by atoms with Crippen LogP contribution in [0.3, 0.4) is 0 Å². The summed E-state index contributed by atoms with van der Waals surface area (Å²) >= 11 is 0. The van der Waals surface area contributed by atoms with Gasteiger partial charge in [0.15, 0.2) is 0 Å². The van der Waals surface area contributed by atoms with E-state index in [-0.39, 0.29) is 24.1 Å². The summed E-state index contributed by atoms with van der Waals surface area (Å²) in [5.41, 5.74) is 1.35. The fraction of sp³-hybridized carbons (Fsp3) is 0.562. The zero-order valence-corrected chi connectivity index (χ0v) is 12.6. The molecule has 1 aromatic carbocycles. The van der Waals surface area contributed by atoms with Crippen LogP contribution in [0, 0.1) is 5.82 Å². The first kappa shape index (κ1) is 14.3. The number of nitrogens with zero attached hydrogens (tertiary/aromatic N) is 1. The van der Waals surface area contributed by atoms with Crippen molar-refractivity contribution in [1.29, 1.82) is 0 Å². The number of amides is 1. The molecule has 0 saturated carbocycles. The predicted octanol–water partition coefficient (Wildman–Crippen LogP) is 3.41. The van der Waals surface area contributed by atoms with Crippen LogP contribution in [-0.2, 0) is 16.1 Å². The third kappa shape index (κ3) is 2.75. The van der Waals surface area contributed by atoms with Gasteiger partial charge in [0.2, 0.25) is 0 Å². The van der Waals surface area contributed by atoms with Gasteiger partial charge in [0.05, 0.1) is 12.6 Å². The largest absolute Gasteiger partial charge is 0.444 e. The minimum atomic E-state index is -0.505. The molecule has 4 nitrogen and oxygen atoms in total. The van der Waals surface area contributed by atoms with Crippen molar-refractivity contribution in [2.24, 2.45) is 0 Å². The van der Waals surface area contributed by atoms with Crippen LogP contribution in [0.4, 0.5) is 9.18 Å². The maximum Gasteiger partial charge on any atom is 0.410 e. The van der Waals surface area contributed by atoms with Crippen LogP contribution in [0.2, 0.25) is 0 Å². The number of halogens is 1. The highest BCUT2D eigenvalue weighted by atomic mass is 19.1. The molecule has 1 fully saturated rings. The summed E-state index contributed by atoms with van der Waals surface area (Å²) in [7, 11) is 0. The monoisotopic (exact) mass is 293 g/mol. The third-order valence-corrected chi connectivity index (χ3v) is 3.87. The summed E-state index contributed by atoms with van der Waals surface area (Å²) < 4.78 is 24.4. The lowest BCUT2D eigenvalue weighted by atomic mass is 9.92. The van der Waals surface area contributed by atoms with E-state index in [1.807, 2.05) is 20.8 Å². The first-order valence-electron chi connectivity index (χ1n) is 7.25. The van der Waals surface area contributed by atoms with Crippen LogP contribution in [0.25, 0.3) is 0 Å². The number of benzene rings is 1. The Morgan fingerprint density at radius 2 is 2.19 bits per heavy atom. The number of rotatable bonds is 1. The van der Waals surface area contributed by atoms with E-state index in [1.54, 1.807) is 11.0 Å². The Balaban J connectivity index is 1.73. The molecular formula is C16H20FNO3. The Bertz CT molecular complexity index is 567. The number of hydrogen-bond acceptors (Lipinski definition) is 3. The van der Waals surface area contributed by atoms with Gasteiger partial charge in [0, 0.05) is 6.54 Å². The molecule has 0 aliphatic carbocycles. The average Bonchev–Trinajstić information content (AvgIpc) is 2.68. The van der Waals surface area contributed by atoms with Gasteiger partial charge in [0.1, 0.15) is 17.5 Å². The number of ether oxygens (including phenoxy) is 2. The summed E-state index contributed by atoms with van der Waals surface area (Å²) in [6.45, 7) is 6.63. The number of fused-ring (bicyclic) bond motifs is 1. The lowest BCUT2D eigenvalue weighted by Crippen LogP contribution is -2.55. The van der Waals surface area contributed by atoms with Gasteiger partial charge in [-0.15, -0.1) is 0 Å². The smallest absolute Gasteiger partial charge is 0.410 e. The highest BCUT2D eigenvalue weighted by molar-refractivity contribution is 5.69. The molecule has 3 rings (SSSR count). The van der Waals surface area contributed by atoms with E-state index >= 15 is 0 Å². The lowest BCUT2D eigenvalue weighted by molar-refractivity contribution is -0.0613. The van der Waals surface area contributed by atoms with Gasteiger partial charge in [0.25, 0.3) is 0 Å². The predicted molar refractivity (Wildman–Crippen MR) is 75.3 cm³/mol. The molecule has 2 atom stereocenters. The van der Waals surface area contributed by atoms with Crippen LogP contribution in [0.15, 0.2) is 18.2 Å². The second-order valence-corrected chi connectivity index (χ2v) is 6.60. The maximum absolute atomic E-state index is 13.2. The molecule has 2 heterocycles. The van der Waals surface area contributed by atoms with E-state index in [9.17, 15) is 9.18 Å². The van der Waals surface area contributed by atoms with E-state index in [2.05, 4.69) is 0 Å². The van der Waals surface area contributed by atoms with Crippen LogP contribution < -0.4 is 0 Å². The molecule has 1 amide bonds. The highest BCUT2D eigenvalue weighted by Crippen LogP contribution is 2.40. The molecule has 0 N–H and O–H groups in total. The standard InChI is InChI=1S/C16H20FNO3/c1-16(2,3)21-15(19)18-7-6-13(18)14-12-5-4-11(17)8-10(12)9-20-14/h4-5,8,13-14H,6-7,9H2,1-3H3. The molecule has 2 aliphatic heterocycles. The lowest BCUT2D eigenvalue weighted by Gasteiger charge is -2.44. The fourth-order valence-corrected chi connectivity index (χ4v) is 2.83. The summed E-state index contributed by atoms with van der Waals surface area (Å²) in [5.74, 6) is -0.254. The van der Waals surface area contributed by atoms with Crippen molar-refractivity contribution in [2.45, 2.75) is 51.5 Å². The van der Waals surface area contributed by atoms with Crippen molar-refractivity contribution in [3.05, 3.63) is 35.1 Å². The van der Waals surface area contributed by atoms with Crippen LogP contribution in [0.1, 0.15) is 44.4 Å². The molecule has 21 heavy (non-hydrogen) atoms. The minimum Gasteiger partial charge on any atom is -0.444 e. The Kier molecular flexibility index (Phi) is 3.40. The minimum absolute atomic E-state index is 0.0217. The van der Waals surface area contributed by atoms with Gasteiger partial charge in [-0.05, 0) is 50.5 Å². The number of carbonyl (C=O) groups excluding carboxylic acids is 1. The first-order chi connectivity index (χ1) is 9.85. The van der Waals surface area contributed by atoms with E-state index < -0.39 is 5.60 Å². The quantitative estimate of drug-likeness (QED) is 0.796. The molecule has 2 aliphatic rings. The molecular weight excluding hydrogens is 273 g/mol. The molecule has 0 radical (unpaired) electrons. The Labute approximate surface area is 123 Å². The van der Waals surface area contributed by atoms with Crippen LogP contribution >= 0.6 is 0 Å². The third-order valence-electron chi connectivity index (χ3n) is 3.87. The summed E-state index contributed by atoms with van der Waals surface area (Å²) in [5, 5.41) is 0. The van der Waals surface area contributed by atoms with Crippen LogP contribution in [-0.4, -0.2) is 29.2 Å². The van der Waals surface area contributed by atoms with E-state index in [1.165, 1.54) is 12.1 Å². The normalized spacial score (nSPS) is 24.5. The summed E-state index contributed by atoms with van der Waals surface area (Å²) in [6, 6.07) is 4.68. The summed E-state index contributed by atoms with van der Waals surface area (Å²) in [4.78, 5) is 13.9. The molecule has 0 spiro atoms. The van der Waals surface area contributed by atoms with Crippen LogP contribution in [0.5, 0.6) is 0 Å². The van der Waals surface area contributed by atoms with Crippen molar-refractivity contribution in [1.82, 2.24) is 4.90 Å². The zero-order chi connectivity index (χ0) is 15.2. The molecule has 0 aromatic heterocycles. The van der Waals surface area contributed by atoms with Gasteiger partial charge >= 0.3 is 6.09 Å². The topological polar surface area (TPSA) is 38.8 Å². The zero-order valence-electron chi connectivity index (χ0n) is 12.6. The van der Waals surface area contributed by atoms with E-state index in [0.29, 0.717) is 13.2 Å². The molecule has 0 bridgehead atoms. The van der Waals surface area contributed by atoms with Gasteiger partial charge in [-0.25, -0.2) is 9.18 Å². The van der Waals surface area contributed by atoms with Gasteiger partial charge in [-0.2, -0.15) is 0 Å². The van der Waals surface area contributed by atoms with Crippen molar-refractivity contribution >= 4 is 6.09 Å². The van der Waals surface area contributed by atoms with Gasteiger partial charge in [-0.3, -0.25) is 0 Å². The SMILES string of the molecule is CC(C)(C)OC(=O)N1CCC1C1OCc2cc(F)ccc21. The van der Waals surface area contributed by atoms with Gasteiger partial charge < -0.3 is 14.4 Å². The molecule has 1 saturated heterocycles. The maximum atomic E-state index is 13.2. The van der Waals surface area contributed by atoms with Gasteiger partial charge in [-0.1, -0.05) is 6.07 Å². The average molecular weight is 293 g/mol. The van der Waals surface area contributed by atoms with E-state index in [4.69, 9.17) is 9.47 Å². The molecule has 2 unspecified atom stereocenters. The second-order valence-electron chi connectivity index (χ2n) is 6.60. The Morgan fingerprint density at radius 1 is 1.43 bits per heavy atom. The number of likely N-dealkylation sites (tertiary alicyclic amines) is 1. The molecule has 114 valence electrons. The Morgan fingerprint density at radius 3 is 2.81 bits per heavy atom. The highest BCUT2D eigenvalue weighted by Gasteiger charge is 2.43. The van der Waals surface area contributed by atoms with E-state index in [0.717, 1.165) is 17.5 Å². The first-order valence-corrected chi connectivity index (χ1v) is 7.25. The number of hydrogen-bond donors (Lipinski definition) is 0. The molecule has 5 heteroatoms. The van der Waals surface area contributed by atoms with Crippen molar-refractivity contribution in [2.75, 3.05) is 6.54 Å². The van der Waals surface area contributed by atoms with Crippen molar-refractivity contribution < 1.29 is 18.7 Å². The fourth-order valence-electron chi connectivity index (χ4n) is 2.83. The molecule has 1 aromatic rings. The van der Waals surface area contributed by atoms with Crippen molar-refractivity contribution in [3.8, 4) is 0 Å².